The average Bonchev–Trinajstić information content (AvgIpc) is 3.21. The van der Waals surface area contributed by atoms with Gasteiger partial charge >= 0.3 is 5.97 Å². The summed E-state index contributed by atoms with van der Waals surface area (Å²) in [6, 6.07) is 0. The normalized spacial score (nSPS) is 50.2. The van der Waals surface area contributed by atoms with Crippen LogP contribution < -0.4 is 0 Å². The minimum atomic E-state index is -2.75. The molecule has 13 nitrogen and oxygen atoms in total. The Morgan fingerprint density at radius 3 is 1.93 bits per heavy atom. The molecule has 0 spiro atoms. The summed E-state index contributed by atoms with van der Waals surface area (Å²) in [5, 5.41) is 79.7. The second-order valence-corrected chi connectivity index (χ2v) is 6.54. The molecule has 3 rings (SSSR count). The molecule has 3 aliphatic heterocycles. The van der Waals surface area contributed by atoms with Gasteiger partial charge in [-0.15, -0.1) is 0 Å². The van der Waals surface area contributed by atoms with Crippen LogP contribution in [0.15, 0.2) is 0 Å². The predicted octanol–water partition coefficient (Wildman–Crippen LogP) is -5.69. The molecule has 9 atom stereocenters. The monoisotopic (exact) mass is 400 g/mol. The topological polar surface area (TPSA) is 208 Å². The van der Waals surface area contributed by atoms with E-state index in [-0.39, 0.29) is 13.2 Å². The van der Waals surface area contributed by atoms with Crippen LogP contribution in [0.1, 0.15) is 0 Å². The van der Waals surface area contributed by atoms with Crippen LogP contribution in [0.2, 0.25) is 0 Å². The third-order valence-electron chi connectivity index (χ3n) is 4.86. The standard InChI is InChI=1S/C14H24O13/c15-3-5-7(17)9(19)10(20)12(25-5)27-13(14(22)23-1-2-24-14)11(21)8(18)6(4-16)26-13/h5-12,15-22H,1-4H2/t5-,6-,7-,8-,9+,10-,11+,12-,13-/m1/s1. The van der Waals surface area contributed by atoms with Crippen LogP contribution >= 0.6 is 0 Å². The zero-order valence-electron chi connectivity index (χ0n) is 14.1. The van der Waals surface area contributed by atoms with E-state index in [4.69, 9.17) is 23.7 Å². The summed E-state index contributed by atoms with van der Waals surface area (Å²) in [6.45, 7) is -1.78. The lowest BCUT2D eigenvalue weighted by atomic mass is 9.98. The molecule has 13 heteroatoms. The Hall–Kier alpha value is -0.520. The summed E-state index contributed by atoms with van der Waals surface area (Å²) in [5.74, 6) is -5.44. The van der Waals surface area contributed by atoms with Gasteiger partial charge in [-0.1, -0.05) is 0 Å². The Labute approximate surface area is 152 Å². The minimum absolute atomic E-state index is 0.133. The predicted molar refractivity (Wildman–Crippen MR) is 78.4 cm³/mol. The molecule has 158 valence electrons. The smallest absolute Gasteiger partial charge is 0.341 e. The fourth-order valence-corrected chi connectivity index (χ4v) is 3.31. The number of rotatable bonds is 5. The number of aliphatic hydroxyl groups is 8. The first-order valence-electron chi connectivity index (χ1n) is 8.34. The van der Waals surface area contributed by atoms with E-state index in [9.17, 15) is 40.9 Å². The molecule has 0 aromatic carbocycles. The van der Waals surface area contributed by atoms with Gasteiger partial charge in [0.25, 0.3) is 5.79 Å². The number of ether oxygens (including phenoxy) is 5. The first-order valence-corrected chi connectivity index (χ1v) is 8.34. The Balaban J connectivity index is 1.93. The molecule has 0 aromatic rings. The van der Waals surface area contributed by atoms with Crippen LogP contribution in [0.3, 0.4) is 0 Å². The van der Waals surface area contributed by atoms with E-state index < -0.39 is 74.0 Å². The van der Waals surface area contributed by atoms with Crippen LogP contribution in [-0.4, -0.2) is 128 Å². The van der Waals surface area contributed by atoms with Gasteiger partial charge in [-0.05, 0) is 0 Å². The van der Waals surface area contributed by atoms with E-state index in [2.05, 4.69) is 0 Å². The molecule has 27 heavy (non-hydrogen) atoms. The first kappa shape index (κ1) is 21.2. The van der Waals surface area contributed by atoms with E-state index >= 15 is 0 Å². The average molecular weight is 400 g/mol. The number of hydrogen-bond acceptors (Lipinski definition) is 13. The molecule has 0 aliphatic carbocycles. The van der Waals surface area contributed by atoms with Gasteiger partial charge in [0.05, 0.1) is 26.4 Å². The fourth-order valence-electron chi connectivity index (χ4n) is 3.31. The van der Waals surface area contributed by atoms with Crippen LogP contribution in [-0.2, 0) is 23.7 Å². The van der Waals surface area contributed by atoms with Gasteiger partial charge in [0.2, 0.25) is 0 Å². The molecule has 0 bridgehead atoms. The maximum atomic E-state index is 10.7. The first-order chi connectivity index (χ1) is 12.7. The van der Waals surface area contributed by atoms with E-state index in [1.54, 1.807) is 0 Å². The minimum Gasteiger partial charge on any atom is -0.394 e. The molecule has 0 radical (unpaired) electrons. The molecular weight excluding hydrogens is 376 g/mol. The van der Waals surface area contributed by atoms with Gasteiger partial charge in [0, 0.05) is 0 Å². The van der Waals surface area contributed by atoms with Crippen molar-refractivity contribution in [2.45, 2.75) is 60.8 Å². The molecule has 0 unspecified atom stereocenters. The summed E-state index contributed by atoms with van der Waals surface area (Å²) in [5.41, 5.74) is 0. The molecule has 8 N–H and O–H groups in total. The Bertz CT molecular complexity index is 511. The van der Waals surface area contributed by atoms with E-state index in [1.165, 1.54) is 0 Å². The van der Waals surface area contributed by atoms with Crippen molar-refractivity contribution in [2.24, 2.45) is 0 Å². The fraction of sp³-hybridized carbons (Fsp3) is 1.00. The van der Waals surface area contributed by atoms with E-state index in [0.717, 1.165) is 0 Å². The van der Waals surface area contributed by atoms with Gasteiger partial charge < -0.3 is 64.5 Å². The molecule has 3 fully saturated rings. The van der Waals surface area contributed by atoms with Crippen LogP contribution in [0.25, 0.3) is 0 Å². The second kappa shape index (κ2) is 7.72. The van der Waals surface area contributed by atoms with Crippen molar-refractivity contribution in [3.05, 3.63) is 0 Å². The Morgan fingerprint density at radius 2 is 1.41 bits per heavy atom. The van der Waals surface area contributed by atoms with Crippen molar-refractivity contribution >= 4 is 0 Å². The van der Waals surface area contributed by atoms with E-state index in [1.807, 2.05) is 0 Å². The highest BCUT2D eigenvalue weighted by Gasteiger charge is 2.71. The summed E-state index contributed by atoms with van der Waals surface area (Å²) < 4.78 is 26.0. The lowest BCUT2D eigenvalue weighted by Crippen LogP contribution is -2.68. The molecule has 0 aromatic heterocycles. The third-order valence-corrected chi connectivity index (χ3v) is 4.86. The molecule has 3 saturated heterocycles. The third kappa shape index (κ3) is 3.28. The van der Waals surface area contributed by atoms with Gasteiger partial charge in [-0.25, -0.2) is 0 Å². The summed E-state index contributed by atoms with van der Waals surface area (Å²) >= 11 is 0. The lowest BCUT2D eigenvalue weighted by Gasteiger charge is -2.46. The highest BCUT2D eigenvalue weighted by atomic mass is 16.9. The maximum Gasteiger partial charge on any atom is 0.341 e. The van der Waals surface area contributed by atoms with Crippen molar-refractivity contribution in [1.29, 1.82) is 0 Å². The number of aliphatic hydroxyl groups excluding tert-OH is 7. The molecular formula is C14H24O13. The molecule has 3 aliphatic rings. The molecule has 0 saturated carbocycles. The van der Waals surface area contributed by atoms with E-state index in [0.29, 0.717) is 0 Å². The van der Waals surface area contributed by atoms with Gasteiger partial charge in [-0.3, -0.25) is 0 Å². The zero-order chi connectivity index (χ0) is 20.0. The molecule has 3 heterocycles. The van der Waals surface area contributed by atoms with Crippen LogP contribution in [0.5, 0.6) is 0 Å². The van der Waals surface area contributed by atoms with Gasteiger partial charge in [0.15, 0.2) is 6.29 Å². The summed E-state index contributed by atoms with van der Waals surface area (Å²) in [7, 11) is 0. The number of hydrogen-bond donors (Lipinski definition) is 8. The summed E-state index contributed by atoms with van der Waals surface area (Å²) in [6.07, 6.45) is -13.8. The maximum absolute atomic E-state index is 10.7. The summed E-state index contributed by atoms with van der Waals surface area (Å²) in [4.78, 5) is 0. The van der Waals surface area contributed by atoms with Gasteiger partial charge in [-0.2, -0.15) is 0 Å². The van der Waals surface area contributed by atoms with Crippen molar-refractivity contribution in [1.82, 2.24) is 0 Å². The van der Waals surface area contributed by atoms with Gasteiger partial charge in [0.1, 0.15) is 42.7 Å². The lowest BCUT2D eigenvalue weighted by molar-refractivity contribution is -0.495. The van der Waals surface area contributed by atoms with Crippen molar-refractivity contribution in [3.63, 3.8) is 0 Å². The van der Waals surface area contributed by atoms with Crippen molar-refractivity contribution < 1.29 is 64.5 Å². The van der Waals surface area contributed by atoms with Crippen molar-refractivity contribution in [3.8, 4) is 0 Å². The van der Waals surface area contributed by atoms with Crippen molar-refractivity contribution in [2.75, 3.05) is 26.4 Å². The Kier molecular flexibility index (Phi) is 6.06. The van der Waals surface area contributed by atoms with Crippen LogP contribution in [0.4, 0.5) is 0 Å². The highest BCUT2D eigenvalue weighted by molar-refractivity contribution is 5.03. The quantitative estimate of drug-likeness (QED) is 0.217. The SMILES string of the molecule is OC[C@H]1O[C@](O[C@H]2O[C@H](CO)[C@@H](O)[C@H](O)[C@H]2O)(C2(O)OCCO2)[C@@H](O)[C@@H]1O. The second-order valence-electron chi connectivity index (χ2n) is 6.54. The molecule has 0 amide bonds. The zero-order valence-corrected chi connectivity index (χ0v) is 14.1. The highest BCUT2D eigenvalue weighted by Crippen LogP contribution is 2.45. The largest absolute Gasteiger partial charge is 0.394 e. The Morgan fingerprint density at radius 1 is 0.815 bits per heavy atom. The van der Waals surface area contributed by atoms with Crippen LogP contribution in [0, 0.1) is 0 Å².